The molecule has 0 aromatic heterocycles. The maximum absolute atomic E-state index is 13.1. The minimum Gasteiger partial charge on any atom is -0.493 e. The number of nitro groups is 1. The molecule has 0 spiro atoms. The van der Waals surface area contributed by atoms with E-state index in [0.29, 0.717) is 33.3 Å². The molecule has 200 valence electrons. The highest BCUT2D eigenvalue weighted by Gasteiger charge is 2.34. The Hall–Kier alpha value is -3.74. The minimum atomic E-state index is -0.528. The van der Waals surface area contributed by atoms with Crippen LogP contribution in [-0.4, -0.2) is 34.8 Å². The summed E-state index contributed by atoms with van der Waals surface area (Å²) in [6.07, 6.45) is 1.65. The lowest BCUT2D eigenvalue weighted by atomic mass is 10.1. The Kier molecular flexibility index (Phi) is 8.68. The van der Waals surface area contributed by atoms with E-state index in [0.717, 1.165) is 27.4 Å². The van der Waals surface area contributed by atoms with Gasteiger partial charge in [-0.05, 0) is 66.9 Å². The van der Waals surface area contributed by atoms with Crippen molar-refractivity contribution in [1.82, 2.24) is 0 Å². The molecule has 12 heteroatoms. The third-order valence-electron chi connectivity index (χ3n) is 5.93. The third kappa shape index (κ3) is 6.29. The van der Waals surface area contributed by atoms with Crippen LogP contribution >= 0.6 is 39.9 Å². The maximum atomic E-state index is 13.1. The summed E-state index contributed by atoms with van der Waals surface area (Å²) in [6.45, 7) is 3.66. The first-order valence-electron chi connectivity index (χ1n) is 11.5. The van der Waals surface area contributed by atoms with E-state index in [1.807, 2.05) is 26.0 Å². The highest BCUT2D eigenvalue weighted by Crippen LogP contribution is 2.38. The van der Waals surface area contributed by atoms with Crippen molar-refractivity contribution in [3.8, 4) is 11.5 Å². The molecule has 0 saturated carbocycles. The van der Waals surface area contributed by atoms with Crippen LogP contribution in [0.25, 0.3) is 6.08 Å². The number of rotatable bonds is 8. The zero-order valence-electron chi connectivity index (χ0n) is 21.0. The van der Waals surface area contributed by atoms with Crippen LogP contribution in [0.5, 0.6) is 11.5 Å². The van der Waals surface area contributed by atoms with Crippen LogP contribution in [0, 0.1) is 24.0 Å². The molecule has 4 rings (SSSR count). The number of ether oxygens (including phenoxy) is 2. The molecule has 1 fully saturated rings. The van der Waals surface area contributed by atoms with Crippen molar-refractivity contribution in [2.45, 2.75) is 13.8 Å². The Labute approximate surface area is 242 Å². The van der Waals surface area contributed by atoms with Crippen LogP contribution in [-0.2, 0) is 9.59 Å². The number of hydrogen-bond acceptors (Lipinski definition) is 8. The van der Waals surface area contributed by atoms with Crippen LogP contribution < -0.4 is 19.7 Å². The zero-order chi connectivity index (χ0) is 28.3. The number of carbonyl (C=O) groups excluding carboxylic acids is 2. The summed E-state index contributed by atoms with van der Waals surface area (Å²) in [6, 6.07) is 14.5. The van der Waals surface area contributed by atoms with Crippen molar-refractivity contribution in [2.75, 3.05) is 23.9 Å². The van der Waals surface area contributed by atoms with Gasteiger partial charge in [-0.3, -0.25) is 24.6 Å². The largest absolute Gasteiger partial charge is 0.493 e. The van der Waals surface area contributed by atoms with Gasteiger partial charge in [0.1, 0.15) is 0 Å². The number of nitrogens with zero attached hydrogens (tertiary/aromatic N) is 2. The number of amides is 2. The van der Waals surface area contributed by atoms with Crippen LogP contribution in [0.1, 0.15) is 16.7 Å². The van der Waals surface area contributed by atoms with Crippen LogP contribution in [0.2, 0.25) is 0 Å². The average molecular weight is 629 g/mol. The van der Waals surface area contributed by atoms with Gasteiger partial charge in [-0.2, -0.15) is 0 Å². The monoisotopic (exact) mass is 627 g/mol. The normalized spacial score (nSPS) is 14.1. The van der Waals surface area contributed by atoms with Gasteiger partial charge in [0.25, 0.3) is 17.5 Å². The summed E-state index contributed by atoms with van der Waals surface area (Å²) in [5.74, 6) is 0.0229. The third-order valence-corrected chi connectivity index (χ3v) is 8.09. The fourth-order valence-electron chi connectivity index (χ4n) is 3.73. The van der Waals surface area contributed by atoms with Crippen molar-refractivity contribution < 1.29 is 24.0 Å². The van der Waals surface area contributed by atoms with Gasteiger partial charge in [0, 0.05) is 22.3 Å². The predicted octanol–water partition coefficient (Wildman–Crippen LogP) is 6.41. The fourth-order valence-corrected chi connectivity index (χ4v) is 5.46. The van der Waals surface area contributed by atoms with Gasteiger partial charge in [-0.15, -0.1) is 0 Å². The number of nitrogens with one attached hydrogen (secondary N) is 1. The molecular weight excluding hydrogens is 606 g/mol. The number of carbonyl (C=O) groups is 2. The van der Waals surface area contributed by atoms with Crippen molar-refractivity contribution in [1.29, 1.82) is 0 Å². The lowest BCUT2D eigenvalue weighted by Gasteiger charge is -2.14. The number of thiocarbonyl (C=S) groups is 1. The SMILES string of the molecule is COc1cc(/C=C2\SC(=S)N(c3cccc([N+](=O)[O-])c3)C2=O)ccc1OCC(=O)Nc1ccc(Br)c(C)c1C. The number of anilines is 2. The van der Waals surface area contributed by atoms with E-state index in [9.17, 15) is 19.7 Å². The second-order valence-electron chi connectivity index (χ2n) is 8.39. The van der Waals surface area contributed by atoms with Crippen molar-refractivity contribution >= 4 is 79.2 Å². The summed E-state index contributed by atoms with van der Waals surface area (Å²) >= 11 is 9.94. The van der Waals surface area contributed by atoms with Crippen molar-refractivity contribution in [3.63, 3.8) is 0 Å². The molecule has 0 unspecified atom stereocenters. The van der Waals surface area contributed by atoms with Crippen molar-refractivity contribution in [3.05, 3.63) is 90.8 Å². The first kappa shape index (κ1) is 28.3. The summed E-state index contributed by atoms with van der Waals surface area (Å²) in [4.78, 5) is 37.8. The van der Waals surface area contributed by atoms with Gasteiger partial charge >= 0.3 is 0 Å². The molecule has 0 radical (unpaired) electrons. The molecule has 3 aromatic rings. The molecule has 2 amide bonds. The van der Waals surface area contributed by atoms with E-state index in [1.54, 1.807) is 30.3 Å². The van der Waals surface area contributed by atoms with Gasteiger partial charge in [0.2, 0.25) is 0 Å². The fraction of sp³-hybridized carbons (Fsp3) is 0.148. The smallest absolute Gasteiger partial charge is 0.271 e. The van der Waals surface area contributed by atoms with Crippen LogP contribution in [0.3, 0.4) is 0 Å². The first-order chi connectivity index (χ1) is 18.6. The van der Waals surface area contributed by atoms with E-state index < -0.39 is 4.92 Å². The molecule has 39 heavy (non-hydrogen) atoms. The molecule has 1 N–H and O–H groups in total. The Balaban J connectivity index is 1.47. The number of benzene rings is 3. The first-order valence-corrected chi connectivity index (χ1v) is 13.5. The number of hydrogen-bond donors (Lipinski definition) is 1. The molecule has 1 aliphatic heterocycles. The van der Waals surface area contributed by atoms with Crippen LogP contribution in [0.4, 0.5) is 17.1 Å². The molecule has 9 nitrogen and oxygen atoms in total. The Morgan fingerprint density at radius 2 is 1.92 bits per heavy atom. The molecule has 1 aliphatic rings. The summed E-state index contributed by atoms with van der Waals surface area (Å²) in [5, 5.41) is 14.0. The molecular formula is C27H22BrN3O6S2. The number of nitro benzene ring substituents is 1. The minimum absolute atomic E-state index is 0.137. The lowest BCUT2D eigenvalue weighted by Crippen LogP contribution is -2.27. The summed E-state index contributed by atoms with van der Waals surface area (Å²) in [5.41, 5.74) is 3.52. The van der Waals surface area contributed by atoms with E-state index in [2.05, 4.69) is 21.2 Å². The Morgan fingerprint density at radius 1 is 1.15 bits per heavy atom. The molecule has 0 aliphatic carbocycles. The lowest BCUT2D eigenvalue weighted by molar-refractivity contribution is -0.384. The number of methoxy groups -OCH3 is 1. The molecule has 1 heterocycles. The summed E-state index contributed by atoms with van der Waals surface area (Å²) < 4.78 is 12.4. The second-order valence-corrected chi connectivity index (χ2v) is 10.9. The van der Waals surface area contributed by atoms with Gasteiger partial charge in [-0.1, -0.05) is 52.0 Å². The molecule has 1 saturated heterocycles. The highest BCUT2D eigenvalue weighted by atomic mass is 79.9. The van der Waals surface area contributed by atoms with E-state index in [4.69, 9.17) is 21.7 Å². The zero-order valence-corrected chi connectivity index (χ0v) is 24.2. The maximum Gasteiger partial charge on any atom is 0.271 e. The predicted molar refractivity (Wildman–Crippen MR) is 159 cm³/mol. The standard InChI is InChI=1S/C27H22BrN3O6S2/c1-15-16(2)21(9-8-20(15)28)29-25(32)14-37-22-10-7-17(11-23(22)36-3)12-24-26(33)30(27(38)39-24)18-5-4-6-19(13-18)31(34)35/h4-13H,14H2,1-3H3,(H,29,32)/b24-12-. The van der Waals surface area contributed by atoms with Gasteiger partial charge in [-0.25, -0.2) is 0 Å². The van der Waals surface area contributed by atoms with E-state index >= 15 is 0 Å². The average Bonchev–Trinajstić information content (AvgIpc) is 3.20. The topological polar surface area (TPSA) is 111 Å². The molecule has 0 bridgehead atoms. The number of halogens is 1. The van der Waals surface area contributed by atoms with Gasteiger partial charge < -0.3 is 14.8 Å². The van der Waals surface area contributed by atoms with Gasteiger partial charge in [0.15, 0.2) is 22.4 Å². The Bertz CT molecular complexity index is 1540. The number of thioether (sulfide) groups is 1. The van der Waals surface area contributed by atoms with Crippen molar-refractivity contribution in [2.24, 2.45) is 0 Å². The van der Waals surface area contributed by atoms with Crippen LogP contribution in [0.15, 0.2) is 64.0 Å². The Morgan fingerprint density at radius 3 is 2.64 bits per heavy atom. The second kappa shape index (κ2) is 12.0. The molecule has 0 atom stereocenters. The highest BCUT2D eigenvalue weighted by molar-refractivity contribution is 9.10. The quantitative estimate of drug-likeness (QED) is 0.132. The van der Waals surface area contributed by atoms with Gasteiger partial charge in [0.05, 0.1) is 22.6 Å². The van der Waals surface area contributed by atoms with E-state index in [1.165, 1.54) is 30.2 Å². The summed E-state index contributed by atoms with van der Waals surface area (Å²) in [7, 11) is 1.47. The van der Waals surface area contributed by atoms with E-state index in [-0.39, 0.29) is 28.4 Å². The number of non-ortho nitro benzene ring substituents is 1. The molecule has 3 aromatic carbocycles.